The lowest BCUT2D eigenvalue weighted by Gasteiger charge is -2.32. The molecular weight excluding hydrogens is 903 g/mol. The zero-order valence-electron chi connectivity index (χ0n) is 38.0. The van der Waals surface area contributed by atoms with Gasteiger partial charge in [-0.3, -0.25) is 33.6 Å². The molecule has 0 radical (unpaired) electrons. The summed E-state index contributed by atoms with van der Waals surface area (Å²) < 4.78 is 0. The van der Waals surface area contributed by atoms with Crippen molar-refractivity contribution in [3.05, 3.63) is 89.5 Å². The molecule has 3 saturated heterocycles. The fourth-order valence-electron chi connectivity index (χ4n) is 8.63. The summed E-state index contributed by atoms with van der Waals surface area (Å²) in [5.74, 6) is -8.74. The van der Waals surface area contributed by atoms with Gasteiger partial charge in [-0.15, -0.1) is 0 Å². The fraction of sp³-hybridized carbons (Fsp3) is 0.468. The first kappa shape index (κ1) is 51.9. The van der Waals surface area contributed by atoms with Crippen molar-refractivity contribution in [3.8, 4) is 16.9 Å². The number of phenolic OH excluding ortho intramolecular Hbond substituents is 1. The second-order valence-corrected chi connectivity index (χ2v) is 17.9. The summed E-state index contributed by atoms with van der Waals surface area (Å²) in [4.78, 5) is 100. The normalized spacial score (nSPS) is 29.6. The Bertz CT molecular complexity index is 2350. The number of carbonyl (C=O) groups is 7. The molecule has 1 unspecified atom stereocenters. The predicted octanol–water partition coefficient (Wildman–Crippen LogP) is -3.73. The van der Waals surface area contributed by atoms with Gasteiger partial charge in [0.25, 0.3) is 5.91 Å². The van der Waals surface area contributed by atoms with E-state index in [9.17, 15) is 74.4 Å². The highest BCUT2D eigenvalue weighted by atomic mass is 16.3. The number of aliphatic hydroxyl groups excluding tert-OH is 7. The molecular formula is C47H59N7O15. The van der Waals surface area contributed by atoms with Crippen LogP contribution in [0.25, 0.3) is 11.1 Å². The van der Waals surface area contributed by atoms with Gasteiger partial charge in [-0.2, -0.15) is 0 Å². The van der Waals surface area contributed by atoms with Gasteiger partial charge in [-0.25, -0.2) is 0 Å². The summed E-state index contributed by atoms with van der Waals surface area (Å²) in [7, 11) is 0. The third-order valence-corrected chi connectivity index (χ3v) is 12.6. The van der Waals surface area contributed by atoms with Crippen LogP contribution in [0.1, 0.15) is 48.2 Å². The molecule has 7 amide bonds. The predicted molar refractivity (Wildman–Crippen MR) is 242 cm³/mol. The Morgan fingerprint density at radius 3 is 1.94 bits per heavy atom. The van der Waals surface area contributed by atoms with Crippen LogP contribution in [0, 0.1) is 12.8 Å². The second kappa shape index (κ2) is 22.3. The van der Waals surface area contributed by atoms with Crippen LogP contribution in [0.3, 0.4) is 0 Å². The number of aromatic hydroxyl groups is 1. The molecule has 13 atom stereocenters. The monoisotopic (exact) mass is 961 g/mol. The minimum atomic E-state index is -2.24. The molecule has 0 spiro atoms. The molecule has 6 rings (SSSR count). The zero-order chi connectivity index (χ0) is 50.4. The van der Waals surface area contributed by atoms with Crippen LogP contribution in [0.15, 0.2) is 72.8 Å². The topological polar surface area (TPSA) is 348 Å². The number of nitrogens with zero attached hydrogens (tertiary/aromatic N) is 2. The molecule has 13 N–H and O–H groups in total. The SMILES string of the molecule is Cc1ccc(-c2ccc(C(=O)NC3C[C@@H](O)[C@@H](O)NC(=O)[C@@H]4[C@@H](O)[C@@H](C)CN4C(=O)[C@H](CO)NC(=O)[C@H]([C@H](O)Cc4ccc(O)cc4)NC(=O)[C@@H]4C[C@@H](O)CN4C(=O)[C@H]([C@@H](C)O)NC3=O)cc2)cc1. The van der Waals surface area contributed by atoms with Gasteiger partial charge in [0.1, 0.15) is 48.1 Å². The maximum atomic E-state index is 14.3. The van der Waals surface area contributed by atoms with Gasteiger partial charge >= 0.3 is 0 Å². The highest BCUT2D eigenvalue weighted by Gasteiger charge is 2.49. The van der Waals surface area contributed by atoms with Crippen molar-refractivity contribution in [2.75, 3.05) is 19.7 Å². The van der Waals surface area contributed by atoms with Crippen LogP contribution in [-0.4, -0.2) is 185 Å². The average Bonchev–Trinajstić information content (AvgIpc) is 3.86. The number of hydrogen-bond donors (Lipinski definition) is 13. The Labute approximate surface area is 396 Å². The van der Waals surface area contributed by atoms with Crippen LogP contribution < -0.4 is 26.6 Å². The Morgan fingerprint density at radius 1 is 0.725 bits per heavy atom. The first-order chi connectivity index (χ1) is 32.7. The number of nitrogens with one attached hydrogen (secondary N) is 5. The molecule has 0 saturated carbocycles. The summed E-state index contributed by atoms with van der Waals surface area (Å²) in [5.41, 5.74) is 3.06. The van der Waals surface area contributed by atoms with E-state index in [1.165, 1.54) is 43.3 Å². The maximum absolute atomic E-state index is 14.3. The van der Waals surface area contributed by atoms with Crippen LogP contribution in [0.4, 0.5) is 0 Å². The minimum Gasteiger partial charge on any atom is -0.508 e. The molecule has 3 aliphatic rings. The van der Waals surface area contributed by atoms with Crippen LogP contribution in [0.5, 0.6) is 5.75 Å². The molecule has 3 aliphatic heterocycles. The summed E-state index contributed by atoms with van der Waals surface area (Å²) >= 11 is 0. The van der Waals surface area contributed by atoms with Crippen LogP contribution >= 0.6 is 0 Å². The molecule has 3 aromatic rings. The number of hydrogen-bond acceptors (Lipinski definition) is 15. The number of carbonyl (C=O) groups excluding carboxylic acids is 7. The summed E-state index contributed by atoms with van der Waals surface area (Å²) in [5, 5.41) is 98.6. The zero-order valence-corrected chi connectivity index (χ0v) is 38.0. The molecule has 0 aromatic heterocycles. The van der Waals surface area contributed by atoms with Gasteiger partial charge in [0.2, 0.25) is 35.4 Å². The number of aryl methyl sites for hydroxylation is 1. The van der Waals surface area contributed by atoms with E-state index in [1.807, 2.05) is 31.2 Å². The third-order valence-electron chi connectivity index (χ3n) is 12.6. The highest BCUT2D eigenvalue weighted by molar-refractivity contribution is 6.00. The third kappa shape index (κ3) is 12.2. The molecule has 3 heterocycles. The van der Waals surface area contributed by atoms with Crippen molar-refractivity contribution in [3.63, 3.8) is 0 Å². The Balaban J connectivity index is 1.36. The van der Waals surface area contributed by atoms with Crippen molar-refractivity contribution >= 4 is 41.4 Å². The van der Waals surface area contributed by atoms with Crippen molar-refractivity contribution in [1.82, 2.24) is 36.4 Å². The molecule has 3 aromatic carbocycles. The van der Waals surface area contributed by atoms with Crippen molar-refractivity contribution in [2.24, 2.45) is 5.92 Å². The van der Waals surface area contributed by atoms with Gasteiger partial charge in [-0.05, 0) is 54.8 Å². The quantitative estimate of drug-likeness (QED) is 0.103. The number of amides is 7. The molecule has 0 aliphatic carbocycles. The van der Waals surface area contributed by atoms with E-state index in [2.05, 4.69) is 26.6 Å². The maximum Gasteiger partial charge on any atom is 0.251 e. The summed E-state index contributed by atoms with van der Waals surface area (Å²) in [6.45, 7) is 2.61. The van der Waals surface area contributed by atoms with Crippen molar-refractivity contribution in [2.45, 2.75) is 113 Å². The van der Waals surface area contributed by atoms with Crippen molar-refractivity contribution < 1.29 is 74.4 Å². The smallest absolute Gasteiger partial charge is 0.251 e. The van der Waals surface area contributed by atoms with Gasteiger partial charge in [0, 0.05) is 43.8 Å². The first-order valence-corrected chi connectivity index (χ1v) is 22.4. The Kier molecular flexibility index (Phi) is 16.7. The van der Waals surface area contributed by atoms with Gasteiger partial charge < -0.3 is 77.2 Å². The first-order valence-electron chi connectivity index (χ1n) is 22.4. The second-order valence-electron chi connectivity index (χ2n) is 17.9. The van der Waals surface area contributed by atoms with E-state index < -0.39 is 146 Å². The van der Waals surface area contributed by atoms with Gasteiger partial charge in [-0.1, -0.05) is 61.0 Å². The van der Waals surface area contributed by atoms with Crippen molar-refractivity contribution in [1.29, 1.82) is 0 Å². The minimum absolute atomic E-state index is 0.0437. The van der Waals surface area contributed by atoms with Gasteiger partial charge in [0.15, 0.2) is 6.23 Å². The molecule has 69 heavy (non-hydrogen) atoms. The number of rotatable bonds is 8. The van der Waals surface area contributed by atoms with Crippen LogP contribution in [0.2, 0.25) is 0 Å². The van der Waals surface area contributed by atoms with E-state index in [0.29, 0.717) is 5.56 Å². The van der Waals surface area contributed by atoms with E-state index in [4.69, 9.17) is 0 Å². The number of aliphatic hydroxyl groups is 7. The molecule has 3 fully saturated rings. The standard InChI is InChI=1S/C47H59N7O15/c1-22-4-8-26(9-5-22)27-10-12-28(13-11-27)40(62)48-31-18-35(60)43(65)52-45(67)38-39(61)23(2)19-54(38)46(68)32(21-55)49-44(66)37(34(59)16-25-6-14-29(57)15-7-25)51-42(64)33-17-30(58)20-53(33)47(69)36(24(3)56)50-41(31)63/h4-15,23-24,30-39,43,55-61,65H,16-21H2,1-3H3,(H,48,62)(H,49,66)(H,50,63)(H,51,64)(H,52,67)/t23-,24+,30+,31?,32-,33-,34+,35+,36-,37-,38-,39-,43+/m0/s1. The Morgan fingerprint density at radius 2 is 1.33 bits per heavy atom. The van der Waals surface area contributed by atoms with Gasteiger partial charge in [0.05, 0.1) is 31.0 Å². The van der Waals surface area contributed by atoms with E-state index in [0.717, 1.165) is 33.4 Å². The highest BCUT2D eigenvalue weighted by Crippen LogP contribution is 2.27. The fourth-order valence-corrected chi connectivity index (χ4v) is 8.63. The number of benzene rings is 3. The lowest BCUT2D eigenvalue weighted by molar-refractivity contribution is -0.147. The number of phenols is 1. The number of fused-ring (bicyclic) bond motifs is 2. The lowest BCUT2D eigenvalue weighted by atomic mass is 10.00. The van der Waals surface area contributed by atoms with E-state index in [-0.39, 0.29) is 24.3 Å². The summed E-state index contributed by atoms with van der Waals surface area (Å²) in [6, 6.07) is 8.37. The average molecular weight is 962 g/mol. The molecule has 0 bridgehead atoms. The van der Waals surface area contributed by atoms with Crippen LogP contribution in [-0.2, 0) is 35.2 Å². The van der Waals surface area contributed by atoms with E-state index >= 15 is 0 Å². The molecule has 372 valence electrons. The lowest BCUT2D eigenvalue weighted by Crippen LogP contribution is -2.63. The Hall–Kier alpha value is -6.53. The van der Waals surface area contributed by atoms with E-state index in [1.54, 1.807) is 12.1 Å². The molecule has 22 nitrogen and oxygen atoms in total. The molecule has 22 heteroatoms. The largest absolute Gasteiger partial charge is 0.508 e. The summed E-state index contributed by atoms with van der Waals surface area (Å²) in [6.07, 6.45) is -12.4.